The predicted octanol–water partition coefficient (Wildman–Crippen LogP) is 4.18. The summed E-state index contributed by atoms with van der Waals surface area (Å²) in [6.45, 7) is 3.92. The first-order chi connectivity index (χ1) is 12.9. The Balaban J connectivity index is 2.02. The molecule has 4 heteroatoms. The SMILES string of the molecule is CCc1cc2ccc([C@](C)(C#N)Cc3cccc(N(C)C)c3)cc2[nH]c1=O. The number of benzene rings is 2. The fraction of sp³-hybridized carbons (Fsp3) is 0.304. The average Bonchev–Trinajstić information content (AvgIpc) is 2.67. The zero-order valence-corrected chi connectivity index (χ0v) is 16.3. The van der Waals surface area contributed by atoms with Gasteiger partial charge >= 0.3 is 0 Å². The molecule has 4 nitrogen and oxygen atoms in total. The van der Waals surface area contributed by atoms with Gasteiger partial charge in [-0.15, -0.1) is 0 Å². The maximum absolute atomic E-state index is 12.2. The lowest BCUT2D eigenvalue weighted by atomic mass is 9.78. The molecule has 0 radical (unpaired) electrons. The van der Waals surface area contributed by atoms with Crippen LogP contribution in [0.25, 0.3) is 10.9 Å². The number of nitrogens with one attached hydrogen (secondary N) is 1. The minimum Gasteiger partial charge on any atom is -0.378 e. The van der Waals surface area contributed by atoms with E-state index in [-0.39, 0.29) is 5.56 Å². The zero-order valence-electron chi connectivity index (χ0n) is 16.3. The maximum Gasteiger partial charge on any atom is 0.251 e. The number of aromatic nitrogens is 1. The molecule has 0 fully saturated rings. The highest BCUT2D eigenvalue weighted by Gasteiger charge is 2.27. The van der Waals surface area contributed by atoms with Crippen molar-refractivity contribution >= 4 is 16.6 Å². The van der Waals surface area contributed by atoms with Gasteiger partial charge in [-0.1, -0.05) is 31.2 Å². The van der Waals surface area contributed by atoms with Crippen molar-refractivity contribution in [3.8, 4) is 6.07 Å². The van der Waals surface area contributed by atoms with E-state index in [4.69, 9.17) is 0 Å². The van der Waals surface area contributed by atoms with Crippen LogP contribution in [0, 0.1) is 11.3 Å². The second-order valence-corrected chi connectivity index (χ2v) is 7.46. The number of H-pyrrole nitrogens is 1. The van der Waals surface area contributed by atoms with Crippen LogP contribution in [0.15, 0.2) is 53.3 Å². The van der Waals surface area contributed by atoms with E-state index >= 15 is 0 Å². The minimum atomic E-state index is -0.681. The van der Waals surface area contributed by atoms with Crippen molar-refractivity contribution in [3.63, 3.8) is 0 Å². The maximum atomic E-state index is 12.2. The lowest BCUT2D eigenvalue weighted by Crippen LogP contribution is -2.23. The molecule has 0 unspecified atom stereocenters. The molecule has 0 aliphatic heterocycles. The standard InChI is InChI=1S/C23H25N3O/c1-5-17-12-18-9-10-19(13-21(18)25-22(17)27)23(2,15-24)14-16-7-6-8-20(11-16)26(3)4/h6-13H,5,14H2,1-4H3,(H,25,27)/t23-/m0/s1. The summed E-state index contributed by atoms with van der Waals surface area (Å²) in [5.74, 6) is 0. The van der Waals surface area contributed by atoms with Gasteiger partial charge in [0.25, 0.3) is 5.56 Å². The van der Waals surface area contributed by atoms with E-state index in [1.807, 2.05) is 58.3 Å². The Bertz CT molecular complexity index is 1070. The van der Waals surface area contributed by atoms with Gasteiger partial charge in [0.2, 0.25) is 0 Å². The van der Waals surface area contributed by atoms with Crippen LogP contribution in [0.4, 0.5) is 5.69 Å². The number of hydrogen-bond acceptors (Lipinski definition) is 3. The van der Waals surface area contributed by atoms with Crippen LogP contribution in [0.5, 0.6) is 0 Å². The van der Waals surface area contributed by atoms with Crippen LogP contribution in [-0.4, -0.2) is 19.1 Å². The molecule has 0 spiro atoms. The van der Waals surface area contributed by atoms with Crippen LogP contribution >= 0.6 is 0 Å². The largest absolute Gasteiger partial charge is 0.378 e. The first kappa shape index (κ1) is 18.7. The number of aryl methyl sites for hydroxylation is 1. The number of pyridine rings is 1. The number of rotatable bonds is 5. The van der Waals surface area contributed by atoms with Crippen LogP contribution < -0.4 is 10.5 Å². The molecule has 0 saturated heterocycles. The third-order valence-corrected chi connectivity index (χ3v) is 5.17. The summed E-state index contributed by atoms with van der Waals surface area (Å²) < 4.78 is 0. The van der Waals surface area contributed by atoms with E-state index < -0.39 is 5.41 Å². The van der Waals surface area contributed by atoms with Gasteiger partial charge in [-0.3, -0.25) is 4.79 Å². The molecule has 0 bridgehead atoms. The molecule has 3 rings (SSSR count). The second kappa shape index (κ2) is 7.28. The van der Waals surface area contributed by atoms with Gasteiger partial charge in [-0.2, -0.15) is 5.26 Å². The van der Waals surface area contributed by atoms with Gasteiger partial charge in [0.15, 0.2) is 0 Å². The summed E-state index contributed by atoms with van der Waals surface area (Å²) in [6.07, 6.45) is 1.30. The number of nitriles is 1. The summed E-state index contributed by atoms with van der Waals surface area (Å²) in [7, 11) is 4.01. The van der Waals surface area contributed by atoms with Crippen molar-refractivity contribution in [2.75, 3.05) is 19.0 Å². The summed E-state index contributed by atoms with van der Waals surface area (Å²) in [4.78, 5) is 17.2. The highest BCUT2D eigenvalue weighted by molar-refractivity contribution is 5.80. The number of fused-ring (bicyclic) bond motifs is 1. The molecule has 138 valence electrons. The molecule has 27 heavy (non-hydrogen) atoms. The van der Waals surface area contributed by atoms with Crippen molar-refractivity contribution in [1.29, 1.82) is 5.26 Å². The molecule has 0 aliphatic carbocycles. The minimum absolute atomic E-state index is 0.0560. The summed E-state index contributed by atoms with van der Waals surface area (Å²) in [6, 6.07) is 18.6. The highest BCUT2D eigenvalue weighted by Crippen LogP contribution is 2.30. The molecular formula is C23H25N3O. The molecule has 0 aliphatic rings. The van der Waals surface area contributed by atoms with Crippen molar-refractivity contribution < 1.29 is 0 Å². The van der Waals surface area contributed by atoms with E-state index in [1.165, 1.54) is 0 Å². The number of nitrogens with zero attached hydrogens (tertiary/aromatic N) is 2. The molecule has 1 aromatic heterocycles. The topological polar surface area (TPSA) is 59.9 Å². The molecule has 2 aromatic carbocycles. The summed E-state index contributed by atoms with van der Waals surface area (Å²) >= 11 is 0. The monoisotopic (exact) mass is 359 g/mol. The third-order valence-electron chi connectivity index (χ3n) is 5.17. The van der Waals surface area contributed by atoms with E-state index in [0.717, 1.165) is 33.3 Å². The first-order valence-corrected chi connectivity index (χ1v) is 9.20. The Hall–Kier alpha value is -3.06. The van der Waals surface area contributed by atoms with Crippen LogP contribution in [0.1, 0.15) is 30.5 Å². The van der Waals surface area contributed by atoms with Crippen molar-refractivity contribution in [2.24, 2.45) is 0 Å². The molecule has 1 heterocycles. The summed E-state index contributed by atoms with van der Waals surface area (Å²) in [5.41, 5.74) is 3.95. The van der Waals surface area contributed by atoms with Crippen LogP contribution in [0.2, 0.25) is 0 Å². The second-order valence-electron chi connectivity index (χ2n) is 7.46. The molecule has 0 amide bonds. The fourth-order valence-corrected chi connectivity index (χ4v) is 3.41. The molecular weight excluding hydrogens is 334 g/mol. The van der Waals surface area contributed by atoms with Crippen molar-refractivity contribution in [3.05, 3.63) is 75.6 Å². The number of aromatic amines is 1. The van der Waals surface area contributed by atoms with Gasteiger partial charge in [0.1, 0.15) is 0 Å². The lowest BCUT2D eigenvalue weighted by Gasteiger charge is -2.23. The first-order valence-electron chi connectivity index (χ1n) is 9.20. The van der Waals surface area contributed by atoms with E-state index in [1.54, 1.807) is 0 Å². The quantitative estimate of drug-likeness (QED) is 0.743. The van der Waals surface area contributed by atoms with Crippen LogP contribution in [0.3, 0.4) is 0 Å². The predicted molar refractivity (Wildman–Crippen MR) is 111 cm³/mol. The van der Waals surface area contributed by atoms with Gasteiger partial charge in [-0.25, -0.2) is 0 Å². The molecule has 1 N–H and O–H groups in total. The summed E-state index contributed by atoms with van der Waals surface area (Å²) in [5, 5.41) is 10.9. The van der Waals surface area contributed by atoms with E-state index in [2.05, 4.69) is 34.2 Å². The van der Waals surface area contributed by atoms with Gasteiger partial charge in [-0.05, 0) is 60.5 Å². The Labute approximate surface area is 160 Å². The Morgan fingerprint density at radius 1 is 1.15 bits per heavy atom. The Morgan fingerprint density at radius 2 is 1.93 bits per heavy atom. The number of hydrogen-bond donors (Lipinski definition) is 1. The Kier molecular flexibility index (Phi) is 5.05. The lowest BCUT2D eigenvalue weighted by molar-refractivity contribution is 0.607. The molecule has 1 atom stereocenters. The van der Waals surface area contributed by atoms with Crippen molar-refractivity contribution in [1.82, 2.24) is 4.98 Å². The van der Waals surface area contributed by atoms with Gasteiger partial charge in [0, 0.05) is 30.9 Å². The van der Waals surface area contributed by atoms with E-state index in [9.17, 15) is 10.1 Å². The number of anilines is 1. The van der Waals surface area contributed by atoms with Gasteiger partial charge in [0.05, 0.1) is 11.5 Å². The van der Waals surface area contributed by atoms with E-state index in [0.29, 0.717) is 12.8 Å². The smallest absolute Gasteiger partial charge is 0.251 e. The molecule has 0 saturated carbocycles. The van der Waals surface area contributed by atoms with Crippen LogP contribution in [-0.2, 0) is 18.3 Å². The van der Waals surface area contributed by atoms with Crippen molar-refractivity contribution in [2.45, 2.75) is 32.1 Å². The fourth-order valence-electron chi connectivity index (χ4n) is 3.41. The average molecular weight is 359 g/mol. The highest BCUT2D eigenvalue weighted by atomic mass is 16.1. The van der Waals surface area contributed by atoms with Gasteiger partial charge < -0.3 is 9.88 Å². The third kappa shape index (κ3) is 3.73. The Morgan fingerprint density at radius 3 is 2.59 bits per heavy atom. The normalized spacial score (nSPS) is 13.1. The zero-order chi connectivity index (χ0) is 19.6. The molecule has 3 aromatic rings.